The molecule has 86 valence electrons. The van der Waals surface area contributed by atoms with Crippen molar-refractivity contribution < 1.29 is 9.59 Å². The molecule has 1 aromatic carbocycles. The van der Waals surface area contributed by atoms with E-state index in [1.54, 1.807) is 0 Å². The van der Waals surface area contributed by atoms with Crippen LogP contribution in [0.15, 0.2) is 30.3 Å². The summed E-state index contributed by atoms with van der Waals surface area (Å²) >= 11 is 0. The average molecular weight is 218 g/mol. The molecule has 0 aromatic heterocycles. The third-order valence-electron chi connectivity index (χ3n) is 2.76. The smallest absolute Gasteiger partial charge is 0.143 e. The number of carbonyl (C=O) groups is 2. The number of Topliss-reactive ketones (excluding diaryl/α,β-unsaturated/α-hetero) is 2. The first kappa shape index (κ1) is 12.6. The van der Waals surface area contributed by atoms with Crippen molar-refractivity contribution in [3.05, 3.63) is 35.9 Å². The molecule has 0 bridgehead atoms. The molecular formula is C14H18O2. The second kappa shape index (κ2) is 6.21. The molecule has 0 unspecified atom stereocenters. The van der Waals surface area contributed by atoms with E-state index in [0.29, 0.717) is 19.3 Å². The van der Waals surface area contributed by atoms with Gasteiger partial charge in [0.2, 0.25) is 0 Å². The number of carbonyl (C=O) groups excluding carboxylic acids is 2. The standard InChI is InChI=1S/C14H18O2/c1-3-13(15)12(14(16)4-2)10-11-8-6-5-7-9-11/h5-9,12H,3-4,10H2,1-2H3. The highest BCUT2D eigenvalue weighted by Crippen LogP contribution is 2.14. The number of hydrogen-bond acceptors (Lipinski definition) is 2. The molecule has 0 saturated heterocycles. The molecule has 0 aliphatic heterocycles. The van der Waals surface area contributed by atoms with Crippen molar-refractivity contribution in [2.75, 3.05) is 0 Å². The van der Waals surface area contributed by atoms with Crippen LogP contribution >= 0.6 is 0 Å². The highest BCUT2D eigenvalue weighted by molar-refractivity contribution is 6.02. The Kier molecular flexibility index (Phi) is 4.90. The predicted octanol–water partition coefficient (Wildman–Crippen LogP) is 2.80. The first-order valence-electron chi connectivity index (χ1n) is 5.78. The Hall–Kier alpha value is -1.44. The fraction of sp³-hybridized carbons (Fsp3) is 0.429. The van der Waals surface area contributed by atoms with E-state index in [-0.39, 0.29) is 11.6 Å². The molecule has 0 spiro atoms. The summed E-state index contributed by atoms with van der Waals surface area (Å²) in [6.07, 6.45) is 1.41. The molecule has 0 N–H and O–H groups in total. The molecule has 0 saturated carbocycles. The largest absolute Gasteiger partial charge is 0.299 e. The first-order valence-corrected chi connectivity index (χ1v) is 5.78. The van der Waals surface area contributed by atoms with Crippen LogP contribution in [0.5, 0.6) is 0 Å². The van der Waals surface area contributed by atoms with Gasteiger partial charge in [0.15, 0.2) is 0 Å². The molecule has 0 atom stereocenters. The molecule has 2 heteroatoms. The van der Waals surface area contributed by atoms with Crippen LogP contribution in [0.25, 0.3) is 0 Å². The maximum absolute atomic E-state index is 11.7. The van der Waals surface area contributed by atoms with Crippen LogP contribution in [0.2, 0.25) is 0 Å². The third-order valence-corrected chi connectivity index (χ3v) is 2.76. The van der Waals surface area contributed by atoms with Gasteiger partial charge < -0.3 is 0 Å². The minimum Gasteiger partial charge on any atom is -0.299 e. The van der Waals surface area contributed by atoms with Gasteiger partial charge in [0.1, 0.15) is 11.6 Å². The van der Waals surface area contributed by atoms with Crippen molar-refractivity contribution >= 4 is 11.6 Å². The van der Waals surface area contributed by atoms with E-state index in [1.807, 2.05) is 44.2 Å². The minimum absolute atomic E-state index is 0.0516. The summed E-state index contributed by atoms with van der Waals surface area (Å²) in [4.78, 5) is 23.4. The van der Waals surface area contributed by atoms with Crippen LogP contribution in [0, 0.1) is 5.92 Å². The van der Waals surface area contributed by atoms with Crippen LogP contribution in [0.4, 0.5) is 0 Å². The van der Waals surface area contributed by atoms with Crippen LogP contribution < -0.4 is 0 Å². The van der Waals surface area contributed by atoms with E-state index in [4.69, 9.17) is 0 Å². The van der Waals surface area contributed by atoms with Gasteiger partial charge in [0, 0.05) is 12.8 Å². The van der Waals surface area contributed by atoms with Gasteiger partial charge in [-0.3, -0.25) is 9.59 Å². The molecule has 2 nitrogen and oxygen atoms in total. The van der Waals surface area contributed by atoms with Gasteiger partial charge in [-0.1, -0.05) is 44.2 Å². The zero-order chi connectivity index (χ0) is 12.0. The van der Waals surface area contributed by atoms with E-state index in [0.717, 1.165) is 5.56 Å². The van der Waals surface area contributed by atoms with Crippen LogP contribution in [0.1, 0.15) is 32.3 Å². The molecule has 0 radical (unpaired) electrons. The Morgan fingerprint density at radius 1 is 1.00 bits per heavy atom. The fourth-order valence-corrected chi connectivity index (χ4v) is 1.75. The molecule has 1 rings (SSSR count). The summed E-state index contributed by atoms with van der Waals surface area (Å²) in [6, 6.07) is 9.71. The average Bonchev–Trinajstić information content (AvgIpc) is 2.35. The molecule has 0 aliphatic carbocycles. The summed E-state index contributed by atoms with van der Waals surface area (Å²) in [5, 5.41) is 0. The molecule has 0 amide bonds. The van der Waals surface area contributed by atoms with Gasteiger partial charge in [-0.05, 0) is 12.0 Å². The monoisotopic (exact) mass is 218 g/mol. The van der Waals surface area contributed by atoms with Gasteiger partial charge in [-0.2, -0.15) is 0 Å². The Morgan fingerprint density at radius 3 is 1.94 bits per heavy atom. The normalized spacial score (nSPS) is 10.4. The Morgan fingerprint density at radius 2 is 1.50 bits per heavy atom. The van der Waals surface area contributed by atoms with Gasteiger partial charge in [-0.15, -0.1) is 0 Å². The van der Waals surface area contributed by atoms with E-state index < -0.39 is 5.92 Å². The van der Waals surface area contributed by atoms with Gasteiger partial charge in [0.25, 0.3) is 0 Å². The van der Waals surface area contributed by atoms with Crippen LogP contribution in [-0.2, 0) is 16.0 Å². The van der Waals surface area contributed by atoms with Crippen molar-refractivity contribution in [2.24, 2.45) is 5.92 Å². The summed E-state index contributed by atoms with van der Waals surface area (Å²) in [5.41, 5.74) is 1.05. The van der Waals surface area contributed by atoms with Gasteiger partial charge in [0.05, 0.1) is 5.92 Å². The Balaban J connectivity index is 2.79. The van der Waals surface area contributed by atoms with E-state index in [9.17, 15) is 9.59 Å². The SMILES string of the molecule is CCC(=O)C(Cc1ccccc1)C(=O)CC. The quantitative estimate of drug-likeness (QED) is 0.688. The van der Waals surface area contributed by atoms with Crippen molar-refractivity contribution in [1.29, 1.82) is 0 Å². The van der Waals surface area contributed by atoms with Crippen LogP contribution in [0.3, 0.4) is 0 Å². The van der Waals surface area contributed by atoms with Crippen molar-refractivity contribution in [3.8, 4) is 0 Å². The lowest BCUT2D eigenvalue weighted by Gasteiger charge is -2.12. The molecule has 16 heavy (non-hydrogen) atoms. The first-order chi connectivity index (χ1) is 7.69. The second-order valence-corrected chi connectivity index (χ2v) is 3.88. The van der Waals surface area contributed by atoms with E-state index in [1.165, 1.54) is 0 Å². The molecule has 0 fully saturated rings. The highest BCUT2D eigenvalue weighted by atomic mass is 16.1. The van der Waals surface area contributed by atoms with Crippen molar-refractivity contribution in [2.45, 2.75) is 33.1 Å². The second-order valence-electron chi connectivity index (χ2n) is 3.88. The maximum atomic E-state index is 11.7. The molecule has 1 aromatic rings. The number of benzene rings is 1. The van der Waals surface area contributed by atoms with Crippen LogP contribution in [-0.4, -0.2) is 11.6 Å². The molecule has 0 aliphatic rings. The number of ketones is 2. The summed E-state index contributed by atoms with van der Waals surface area (Å²) < 4.78 is 0. The summed E-state index contributed by atoms with van der Waals surface area (Å²) in [6.45, 7) is 3.62. The maximum Gasteiger partial charge on any atom is 0.143 e. The predicted molar refractivity (Wildman–Crippen MR) is 64.2 cm³/mol. The van der Waals surface area contributed by atoms with E-state index in [2.05, 4.69) is 0 Å². The lowest BCUT2D eigenvalue weighted by atomic mass is 9.89. The van der Waals surface area contributed by atoms with E-state index >= 15 is 0 Å². The molecule has 0 heterocycles. The minimum atomic E-state index is -0.447. The summed E-state index contributed by atoms with van der Waals surface area (Å²) in [7, 11) is 0. The lowest BCUT2D eigenvalue weighted by molar-refractivity contribution is -0.132. The van der Waals surface area contributed by atoms with Crippen molar-refractivity contribution in [3.63, 3.8) is 0 Å². The Bertz CT molecular complexity index is 338. The number of hydrogen-bond donors (Lipinski definition) is 0. The highest BCUT2D eigenvalue weighted by Gasteiger charge is 2.23. The summed E-state index contributed by atoms with van der Waals surface area (Å²) in [5.74, 6) is -0.344. The van der Waals surface area contributed by atoms with Gasteiger partial charge in [-0.25, -0.2) is 0 Å². The third kappa shape index (κ3) is 3.30. The topological polar surface area (TPSA) is 34.1 Å². The molecular weight excluding hydrogens is 200 g/mol. The van der Waals surface area contributed by atoms with Crippen molar-refractivity contribution in [1.82, 2.24) is 0 Å². The Labute approximate surface area is 96.7 Å². The lowest BCUT2D eigenvalue weighted by Crippen LogP contribution is -2.25. The fourth-order valence-electron chi connectivity index (χ4n) is 1.75. The van der Waals surface area contributed by atoms with Gasteiger partial charge >= 0.3 is 0 Å². The number of rotatable bonds is 6. The zero-order valence-corrected chi connectivity index (χ0v) is 9.90. The zero-order valence-electron chi connectivity index (χ0n) is 9.90.